The fourth-order valence-corrected chi connectivity index (χ4v) is 5.32. The standard InChI is InChI=1S/C21H19Cl3N2O3S/c1-13-8-10-26(11-9-13)21-20(30(27,28)16-5-2-14(22)3-6-16)25-19(29-21)17-7-4-15(23)12-18(17)24/h2-7,12-13H,8-11H2,1H3. The van der Waals surface area contributed by atoms with Gasteiger partial charge in [-0.1, -0.05) is 41.7 Å². The summed E-state index contributed by atoms with van der Waals surface area (Å²) < 4.78 is 32.8. The molecule has 0 amide bonds. The lowest BCUT2D eigenvalue weighted by atomic mass is 9.99. The Hall–Kier alpha value is -1.73. The largest absolute Gasteiger partial charge is 0.419 e. The fourth-order valence-electron chi connectivity index (χ4n) is 3.39. The van der Waals surface area contributed by atoms with Crippen LogP contribution in [0.3, 0.4) is 0 Å². The van der Waals surface area contributed by atoms with Gasteiger partial charge in [0.15, 0.2) is 0 Å². The van der Waals surface area contributed by atoms with Crippen LogP contribution in [-0.2, 0) is 9.84 Å². The molecule has 1 saturated heterocycles. The lowest BCUT2D eigenvalue weighted by Gasteiger charge is -2.30. The van der Waals surface area contributed by atoms with E-state index in [2.05, 4.69) is 11.9 Å². The Morgan fingerprint density at radius 2 is 1.63 bits per heavy atom. The van der Waals surface area contributed by atoms with Gasteiger partial charge in [-0.25, -0.2) is 8.42 Å². The van der Waals surface area contributed by atoms with Crippen LogP contribution >= 0.6 is 34.8 Å². The molecule has 1 aromatic heterocycles. The Balaban J connectivity index is 1.85. The Morgan fingerprint density at radius 1 is 1.00 bits per heavy atom. The molecular weight excluding hydrogens is 467 g/mol. The molecule has 2 aromatic carbocycles. The highest BCUT2D eigenvalue weighted by atomic mass is 35.5. The number of halogens is 3. The van der Waals surface area contributed by atoms with Gasteiger partial charge in [0.25, 0.3) is 0 Å². The lowest BCUT2D eigenvalue weighted by Crippen LogP contribution is -2.33. The highest BCUT2D eigenvalue weighted by molar-refractivity contribution is 7.91. The molecule has 158 valence electrons. The second-order valence-corrected chi connectivity index (χ2v) is 10.5. The summed E-state index contributed by atoms with van der Waals surface area (Å²) in [5.41, 5.74) is 0.477. The van der Waals surface area contributed by atoms with Crippen molar-refractivity contribution in [2.24, 2.45) is 5.92 Å². The Bertz CT molecular complexity index is 1170. The zero-order valence-electron chi connectivity index (χ0n) is 16.1. The second kappa shape index (κ2) is 8.42. The van der Waals surface area contributed by atoms with Crippen molar-refractivity contribution < 1.29 is 12.8 Å². The minimum Gasteiger partial charge on any atom is -0.419 e. The van der Waals surface area contributed by atoms with E-state index in [1.807, 2.05) is 4.90 Å². The van der Waals surface area contributed by atoms with Crippen molar-refractivity contribution in [3.8, 4) is 11.5 Å². The Kier molecular flexibility index (Phi) is 6.04. The third-order valence-corrected chi connectivity index (χ3v) is 7.66. The number of aromatic nitrogens is 1. The summed E-state index contributed by atoms with van der Waals surface area (Å²) in [5, 5.41) is 1.13. The van der Waals surface area contributed by atoms with Crippen molar-refractivity contribution in [1.29, 1.82) is 0 Å². The van der Waals surface area contributed by atoms with Gasteiger partial charge < -0.3 is 9.32 Å². The zero-order valence-corrected chi connectivity index (χ0v) is 19.2. The third-order valence-electron chi connectivity index (χ3n) is 5.19. The van der Waals surface area contributed by atoms with Gasteiger partial charge in [0.1, 0.15) is 0 Å². The first kappa shape index (κ1) is 21.5. The number of oxazole rings is 1. The molecule has 1 fully saturated rings. The van der Waals surface area contributed by atoms with Crippen LogP contribution in [0.5, 0.6) is 0 Å². The molecule has 4 rings (SSSR count). The van der Waals surface area contributed by atoms with Gasteiger partial charge in [-0.15, -0.1) is 0 Å². The van der Waals surface area contributed by atoms with Crippen molar-refractivity contribution in [3.05, 3.63) is 57.5 Å². The van der Waals surface area contributed by atoms with E-state index in [4.69, 9.17) is 39.2 Å². The molecule has 30 heavy (non-hydrogen) atoms. The van der Waals surface area contributed by atoms with Crippen LogP contribution < -0.4 is 4.90 Å². The molecule has 9 heteroatoms. The number of rotatable bonds is 4. The summed E-state index contributed by atoms with van der Waals surface area (Å²) in [5.74, 6) is 0.946. The van der Waals surface area contributed by atoms with Crippen LogP contribution in [0.4, 0.5) is 5.88 Å². The van der Waals surface area contributed by atoms with Crippen molar-refractivity contribution in [2.45, 2.75) is 29.7 Å². The van der Waals surface area contributed by atoms with Crippen molar-refractivity contribution in [3.63, 3.8) is 0 Å². The smallest absolute Gasteiger partial charge is 0.236 e. The maximum Gasteiger partial charge on any atom is 0.236 e. The van der Waals surface area contributed by atoms with E-state index in [0.29, 0.717) is 39.6 Å². The summed E-state index contributed by atoms with van der Waals surface area (Å²) in [7, 11) is -3.93. The number of anilines is 1. The van der Waals surface area contributed by atoms with E-state index in [-0.39, 0.29) is 21.7 Å². The zero-order chi connectivity index (χ0) is 21.5. The van der Waals surface area contributed by atoms with Gasteiger partial charge >= 0.3 is 0 Å². The highest BCUT2D eigenvalue weighted by Crippen LogP contribution is 2.38. The van der Waals surface area contributed by atoms with Crippen molar-refractivity contribution >= 4 is 50.5 Å². The van der Waals surface area contributed by atoms with Crippen LogP contribution in [0.15, 0.2) is 56.8 Å². The fraction of sp³-hybridized carbons (Fsp3) is 0.286. The van der Waals surface area contributed by atoms with E-state index in [1.54, 1.807) is 18.2 Å². The van der Waals surface area contributed by atoms with Crippen LogP contribution in [0, 0.1) is 5.92 Å². The van der Waals surface area contributed by atoms with Crippen LogP contribution in [0.2, 0.25) is 15.1 Å². The second-order valence-electron chi connectivity index (χ2n) is 7.38. The van der Waals surface area contributed by atoms with Crippen LogP contribution in [0.1, 0.15) is 19.8 Å². The molecule has 5 nitrogen and oxygen atoms in total. The molecule has 0 N–H and O–H groups in total. The lowest BCUT2D eigenvalue weighted by molar-refractivity contribution is 0.416. The minimum atomic E-state index is -3.93. The van der Waals surface area contributed by atoms with E-state index < -0.39 is 9.84 Å². The molecule has 0 atom stereocenters. The van der Waals surface area contributed by atoms with E-state index >= 15 is 0 Å². The Labute approximate surface area is 190 Å². The number of benzene rings is 2. The monoisotopic (exact) mass is 484 g/mol. The normalized spacial score (nSPS) is 15.5. The maximum absolute atomic E-state index is 13.4. The molecule has 0 unspecified atom stereocenters. The molecular formula is C21H19Cl3N2O3S. The summed E-state index contributed by atoms with van der Waals surface area (Å²) in [6, 6.07) is 10.9. The third kappa shape index (κ3) is 4.19. The van der Waals surface area contributed by atoms with E-state index in [0.717, 1.165) is 12.8 Å². The molecule has 0 bridgehead atoms. The molecule has 1 aliphatic heterocycles. The summed E-state index contributed by atoms with van der Waals surface area (Å²) in [6.07, 6.45) is 1.89. The molecule has 0 radical (unpaired) electrons. The predicted octanol–water partition coefficient (Wildman–Crippen LogP) is 6.37. The average molecular weight is 486 g/mol. The summed E-state index contributed by atoms with van der Waals surface area (Å²) in [4.78, 5) is 6.41. The van der Waals surface area contributed by atoms with Gasteiger partial charge in [-0.3, -0.25) is 0 Å². The van der Waals surface area contributed by atoms with E-state index in [9.17, 15) is 8.42 Å². The molecule has 2 heterocycles. The number of hydrogen-bond donors (Lipinski definition) is 0. The topological polar surface area (TPSA) is 63.4 Å². The number of hydrogen-bond acceptors (Lipinski definition) is 5. The van der Waals surface area contributed by atoms with Crippen LogP contribution in [0.25, 0.3) is 11.5 Å². The molecule has 0 spiro atoms. The predicted molar refractivity (Wildman–Crippen MR) is 119 cm³/mol. The van der Waals surface area contributed by atoms with E-state index in [1.165, 1.54) is 24.3 Å². The summed E-state index contributed by atoms with van der Waals surface area (Å²) in [6.45, 7) is 3.56. The molecule has 0 saturated carbocycles. The highest BCUT2D eigenvalue weighted by Gasteiger charge is 2.33. The maximum atomic E-state index is 13.4. The summed E-state index contributed by atoms with van der Waals surface area (Å²) >= 11 is 18.2. The Morgan fingerprint density at radius 3 is 2.27 bits per heavy atom. The first-order valence-corrected chi connectivity index (χ1v) is 12.1. The number of sulfone groups is 1. The van der Waals surface area contributed by atoms with Gasteiger partial charge in [0.2, 0.25) is 26.6 Å². The van der Waals surface area contributed by atoms with Gasteiger partial charge in [0, 0.05) is 23.1 Å². The van der Waals surface area contributed by atoms with Gasteiger partial charge in [0.05, 0.1) is 15.5 Å². The number of nitrogens with zero attached hydrogens (tertiary/aromatic N) is 2. The first-order valence-electron chi connectivity index (χ1n) is 9.47. The average Bonchev–Trinajstić information content (AvgIpc) is 3.15. The first-order chi connectivity index (χ1) is 14.3. The quantitative estimate of drug-likeness (QED) is 0.429. The molecule has 1 aliphatic rings. The van der Waals surface area contributed by atoms with Crippen molar-refractivity contribution in [1.82, 2.24) is 4.98 Å². The van der Waals surface area contributed by atoms with Gasteiger partial charge in [-0.05, 0) is 61.2 Å². The van der Waals surface area contributed by atoms with Crippen LogP contribution in [-0.4, -0.2) is 26.5 Å². The molecule has 0 aliphatic carbocycles. The SMILES string of the molecule is CC1CCN(c2oc(-c3ccc(Cl)cc3Cl)nc2S(=O)(=O)c2ccc(Cl)cc2)CC1. The molecule has 3 aromatic rings. The van der Waals surface area contributed by atoms with Gasteiger partial charge in [-0.2, -0.15) is 4.98 Å². The van der Waals surface area contributed by atoms with Crippen molar-refractivity contribution in [2.75, 3.05) is 18.0 Å². The number of piperidine rings is 1. The minimum absolute atomic E-state index is 0.0978.